The van der Waals surface area contributed by atoms with E-state index in [1.54, 1.807) is 0 Å². The molecular weight excluding hydrogens is 196 g/mol. The number of hydrogen-bond donors (Lipinski definition) is 1. The van der Waals surface area contributed by atoms with Gasteiger partial charge in [0.15, 0.2) is 0 Å². The third-order valence-corrected chi connectivity index (χ3v) is 3.96. The summed E-state index contributed by atoms with van der Waals surface area (Å²) in [6, 6.07) is 10.3. The Morgan fingerprint density at radius 2 is 1.44 bits per heavy atom. The van der Waals surface area contributed by atoms with E-state index in [0.717, 1.165) is 30.2 Å². The molecule has 0 radical (unpaired) electrons. The summed E-state index contributed by atoms with van der Waals surface area (Å²) < 4.78 is 0. The molecule has 1 N–H and O–H groups in total. The molecule has 0 aromatic heterocycles. The number of aliphatic hydroxyl groups is 1. The fourth-order valence-corrected chi connectivity index (χ4v) is 2.67. The maximum Gasteiger partial charge on any atom is 0.0901 e. The molecule has 1 nitrogen and oxygen atoms in total. The Kier molecular flexibility index (Phi) is 2.51. The second-order valence-electron chi connectivity index (χ2n) is 5.69. The summed E-state index contributed by atoms with van der Waals surface area (Å²) >= 11 is 0. The van der Waals surface area contributed by atoms with Gasteiger partial charge in [0, 0.05) is 0 Å². The lowest BCUT2D eigenvalue weighted by molar-refractivity contribution is 0.00740. The van der Waals surface area contributed by atoms with Crippen molar-refractivity contribution in [3.05, 3.63) is 35.9 Å². The second-order valence-corrected chi connectivity index (χ2v) is 5.69. The molecule has 0 atom stereocenters. The highest BCUT2D eigenvalue weighted by molar-refractivity contribution is 5.23. The highest BCUT2D eigenvalue weighted by Gasteiger charge is 2.40. The Morgan fingerprint density at radius 1 is 0.938 bits per heavy atom. The summed E-state index contributed by atoms with van der Waals surface area (Å²) in [5.41, 5.74) is 0.595. The van der Waals surface area contributed by atoms with E-state index >= 15 is 0 Å². The average Bonchev–Trinajstić information content (AvgIpc) is 3.17. The minimum atomic E-state index is -0.538. The zero-order valence-electron chi connectivity index (χ0n) is 9.73. The van der Waals surface area contributed by atoms with Crippen LogP contribution < -0.4 is 0 Å². The van der Waals surface area contributed by atoms with Crippen LogP contribution in [-0.4, -0.2) is 5.11 Å². The predicted molar refractivity (Wildman–Crippen MR) is 65.0 cm³/mol. The molecule has 1 aromatic carbocycles. The topological polar surface area (TPSA) is 20.2 Å². The van der Waals surface area contributed by atoms with Gasteiger partial charge in [0.05, 0.1) is 5.60 Å². The number of hydrogen-bond acceptors (Lipinski definition) is 1. The van der Waals surface area contributed by atoms with Crippen LogP contribution in [0.3, 0.4) is 0 Å². The Labute approximate surface area is 97.5 Å². The van der Waals surface area contributed by atoms with Crippen LogP contribution in [-0.2, 0) is 5.60 Å². The average molecular weight is 216 g/mol. The van der Waals surface area contributed by atoms with Crippen molar-refractivity contribution in [1.82, 2.24) is 0 Å². The molecule has 0 bridgehead atoms. The van der Waals surface area contributed by atoms with Gasteiger partial charge in [-0.15, -0.1) is 0 Å². The monoisotopic (exact) mass is 216 g/mol. The van der Waals surface area contributed by atoms with Crippen LogP contribution in [0.4, 0.5) is 0 Å². The standard InChI is InChI=1S/C15H20O/c16-15(10-12-6-7-12,11-13-8-9-13)14-4-2-1-3-5-14/h1-5,12-13,16H,6-11H2. The van der Waals surface area contributed by atoms with Gasteiger partial charge in [-0.2, -0.15) is 0 Å². The predicted octanol–water partition coefficient (Wildman–Crippen LogP) is 3.47. The summed E-state index contributed by atoms with van der Waals surface area (Å²) in [5.74, 6) is 1.56. The van der Waals surface area contributed by atoms with Crippen molar-refractivity contribution in [3.8, 4) is 0 Å². The molecule has 2 aliphatic carbocycles. The fraction of sp³-hybridized carbons (Fsp3) is 0.600. The minimum Gasteiger partial charge on any atom is -0.385 e. The summed E-state index contributed by atoms with van der Waals surface area (Å²) in [7, 11) is 0. The van der Waals surface area contributed by atoms with Gasteiger partial charge in [0.25, 0.3) is 0 Å². The van der Waals surface area contributed by atoms with Crippen LogP contribution in [0, 0.1) is 11.8 Å². The van der Waals surface area contributed by atoms with Crippen molar-refractivity contribution in [1.29, 1.82) is 0 Å². The third-order valence-electron chi connectivity index (χ3n) is 3.96. The van der Waals surface area contributed by atoms with Crippen molar-refractivity contribution in [2.24, 2.45) is 11.8 Å². The SMILES string of the molecule is OC(CC1CC1)(CC1CC1)c1ccccc1. The lowest BCUT2D eigenvalue weighted by atomic mass is 9.84. The first-order chi connectivity index (χ1) is 7.76. The van der Waals surface area contributed by atoms with Gasteiger partial charge < -0.3 is 5.11 Å². The van der Waals surface area contributed by atoms with E-state index in [2.05, 4.69) is 12.1 Å². The molecule has 3 rings (SSSR count). The smallest absolute Gasteiger partial charge is 0.0901 e. The van der Waals surface area contributed by atoms with E-state index in [1.807, 2.05) is 18.2 Å². The van der Waals surface area contributed by atoms with E-state index in [4.69, 9.17) is 0 Å². The molecule has 0 saturated heterocycles. The molecule has 0 amide bonds. The molecule has 1 aromatic rings. The Morgan fingerprint density at radius 3 is 1.88 bits per heavy atom. The van der Waals surface area contributed by atoms with Gasteiger partial charge in [-0.25, -0.2) is 0 Å². The molecule has 0 aliphatic heterocycles. The van der Waals surface area contributed by atoms with Crippen molar-refractivity contribution in [2.45, 2.75) is 44.1 Å². The largest absolute Gasteiger partial charge is 0.385 e. The highest BCUT2D eigenvalue weighted by Crippen LogP contribution is 2.47. The normalized spacial score (nSPS) is 21.1. The van der Waals surface area contributed by atoms with Crippen LogP contribution in [0.1, 0.15) is 44.1 Å². The van der Waals surface area contributed by atoms with Gasteiger partial charge in [-0.3, -0.25) is 0 Å². The lowest BCUT2D eigenvalue weighted by Gasteiger charge is -2.29. The van der Waals surface area contributed by atoms with Gasteiger partial charge in [0.2, 0.25) is 0 Å². The van der Waals surface area contributed by atoms with Crippen LogP contribution in [0.25, 0.3) is 0 Å². The summed E-state index contributed by atoms with van der Waals surface area (Å²) in [6.45, 7) is 0. The van der Waals surface area contributed by atoms with Gasteiger partial charge >= 0.3 is 0 Å². The zero-order chi connectivity index (χ0) is 11.0. The number of rotatable bonds is 5. The molecule has 2 aliphatic rings. The zero-order valence-corrected chi connectivity index (χ0v) is 9.73. The first-order valence-corrected chi connectivity index (χ1v) is 6.54. The van der Waals surface area contributed by atoms with E-state index in [9.17, 15) is 5.11 Å². The van der Waals surface area contributed by atoms with Crippen LogP contribution >= 0.6 is 0 Å². The molecule has 0 unspecified atom stereocenters. The van der Waals surface area contributed by atoms with E-state index in [1.165, 1.54) is 25.7 Å². The van der Waals surface area contributed by atoms with Gasteiger partial charge in [-0.1, -0.05) is 56.0 Å². The maximum absolute atomic E-state index is 10.9. The molecule has 16 heavy (non-hydrogen) atoms. The second kappa shape index (κ2) is 3.89. The first kappa shape index (κ1) is 10.3. The Bertz CT molecular complexity index is 335. The van der Waals surface area contributed by atoms with Gasteiger partial charge in [-0.05, 0) is 30.2 Å². The molecule has 86 valence electrons. The Balaban J connectivity index is 1.80. The molecule has 2 fully saturated rings. The van der Waals surface area contributed by atoms with Gasteiger partial charge in [0.1, 0.15) is 0 Å². The lowest BCUT2D eigenvalue weighted by Crippen LogP contribution is -2.27. The van der Waals surface area contributed by atoms with Crippen molar-refractivity contribution in [3.63, 3.8) is 0 Å². The molecule has 0 heterocycles. The van der Waals surface area contributed by atoms with Crippen LogP contribution in [0.2, 0.25) is 0 Å². The summed E-state index contributed by atoms with van der Waals surface area (Å²) in [6.07, 6.45) is 7.24. The van der Waals surface area contributed by atoms with E-state index in [0.29, 0.717) is 0 Å². The molecule has 1 heteroatoms. The Hall–Kier alpha value is -0.820. The quantitative estimate of drug-likeness (QED) is 0.799. The van der Waals surface area contributed by atoms with Crippen molar-refractivity contribution in [2.75, 3.05) is 0 Å². The van der Waals surface area contributed by atoms with Crippen molar-refractivity contribution >= 4 is 0 Å². The number of benzene rings is 1. The molecule has 0 spiro atoms. The maximum atomic E-state index is 10.9. The molecular formula is C15H20O. The fourth-order valence-electron chi connectivity index (χ4n) is 2.67. The highest BCUT2D eigenvalue weighted by atomic mass is 16.3. The van der Waals surface area contributed by atoms with E-state index < -0.39 is 5.60 Å². The third kappa shape index (κ3) is 2.30. The minimum absolute atomic E-state index is 0.538. The van der Waals surface area contributed by atoms with Crippen molar-refractivity contribution < 1.29 is 5.11 Å². The molecule has 2 saturated carbocycles. The van der Waals surface area contributed by atoms with Crippen LogP contribution in [0.5, 0.6) is 0 Å². The van der Waals surface area contributed by atoms with E-state index in [-0.39, 0.29) is 0 Å². The first-order valence-electron chi connectivity index (χ1n) is 6.54. The summed E-state index contributed by atoms with van der Waals surface area (Å²) in [5, 5.41) is 10.9. The summed E-state index contributed by atoms with van der Waals surface area (Å²) in [4.78, 5) is 0. The van der Waals surface area contributed by atoms with Crippen LogP contribution in [0.15, 0.2) is 30.3 Å².